The molecule has 6 heteroatoms. The van der Waals surface area contributed by atoms with Crippen LogP contribution in [0.1, 0.15) is 91.9 Å². The number of carbonyl (C=O) groups is 1. The van der Waals surface area contributed by atoms with E-state index in [0.29, 0.717) is 31.4 Å². The summed E-state index contributed by atoms with van der Waals surface area (Å²) >= 11 is 0. The lowest BCUT2D eigenvalue weighted by Gasteiger charge is -2.50. The Bertz CT molecular complexity index is 779. The van der Waals surface area contributed by atoms with Crippen molar-refractivity contribution < 1.29 is 29.6 Å². The van der Waals surface area contributed by atoms with E-state index in [1.807, 2.05) is 13.8 Å². The van der Waals surface area contributed by atoms with Gasteiger partial charge in [-0.15, -0.1) is 0 Å². The van der Waals surface area contributed by atoms with Crippen molar-refractivity contribution in [1.82, 2.24) is 0 Å². The zero-order chi connectivity index (χ0) is 24.9. The van der Waals surface area contributed by atoms with Crippen molar-refractivity contribution in [3.05, 3.63) is 12.2 Å². The van der Waals surface area contributed by atoms with Gasteiger partial charge in [0, 0.05) is 18.8 Å². The number of Topliss-reactive ketones (excluding diaryl/α,β-unsaturated/α-hetero) is 1. The van der Waals surface area contributed by atoms with Gasteiger partial charge in [0.2, 0.25) is 0 Å². The van der Waals surface area contributed by atoms with E-state index in [4.69, 9.17) is 9.47 Å². The molecular weight excluding hydrogens is 432 g/mol. The fourth-order valence-electron chi connectivity index (χ4n) is 7.63. The number of carbonyl (C=O) groups excluding carboxylic acids is 1. The summed E-state index contributed by atoms with van der Waals surface area (Å²) in [5.41, 5.74) is -3.58. The van der Waals surface area contributed by atoms with Crippen LogP contribution in [0.2, 0.25) is 0 Å². The summed E-state index contributed by atoms with van der Waals surface area (Å²) < 4.78 is 13.2. The normalized spacial score (nSPS) is 48.6. The maximum Gasteiger partial charge on any atom is 0.167 e. The Morgan fingerprint density at radius 2 is 1.88 bits per heavy atom. The minimum atomic E-state index is -1.90. The Kier molecular flexibility index (Phi) is 7.41. The number of unbranched alkanes of at least 4 members (excludes halogenated alkanes) is 4. The first-order valence-corrected chi connectivity index (χ1v) is 13.6. The van der Waals surface area contributed by atoms with Gasteiger partial charge < -0.3 is 24.8 Å². The summed E-state index contributed by atoms with van der Waals surface area (Å²) in [7, 11) is 0. The highest BCUT2D eigenvalue weighted by atomic mass is 16.6. The van der Waals surface area contributed by atoms with Crippen LogP contribution < -0.4 is 0 Å². The van der Waals surface area contributed by atoms with Crippen molar-refractivity contribution >= 4 is 5.78 Å². The molecule has 4 rings (SSSR count). The fourth-order valence-corrected chi connectivity index (χ4v) is 7.63. The Balaban J connectivity index is 1.74. The van der Waals surface area contributed by atoms with Crippen LogP contribution in [0.3, 0.4) is 0 Å². The van der Waals surface area contributed by atoms with Crippen molar-refractivity contribution in [2.75, 3.05) is 6.61 Å². The highest BCUT2D eigenvalue weighted by molar-refractivity contribution is 5.89. The topological polar surface area (TPSA) is 96.2 Å². The van der Waals surface area contributed by atoms with E-state index in [0.717, 1.165) is 32.1 Å². The number of rotatable bonds is 7. The van der Waals surface area contributed by atoms with E-state index in [2.05, 4.69) is 20.4 Å². The van der Waals surface area contributed by atoms with Crippen LogP contribution in [0.15, 0.2) is 12.2 Å². The molecule has 2 bridgehead atoms. The molecule has 0 aromatic heterocycles. The molecule has 10 atom stereocenters. The Hall–Kier alpha value is -0.790. The lowest BCUT2D eigenvalue weighted by atomic mass is 9.56. The third-order valence-electron chi connectivity index (χ3n) is 9.82. The van der Waals surface area contributed by atoms with E-state index in [1.165, 1.54) is 0 Å². The molecule has 0 aromatic carbocycles. The van der Waals surface area contributed by atoms with Gasteiger partial charge in [-0.1, -0.05) is 46.1 Å². The number of aliphatic hydroxyl groups is 3. The number of ketones is 1. The van der Waals surface area contributed by atoms with Crippen LogP contribution in [0.5, 0.6) is 0 Å². The summed E-state index contributed by atoms with van der Waals surface area (Å²) in [6.45, 7) is 12.5. The number of fused-ring (bicyclic) bond motifs is 2. The molecule has 3 N–H and O–H groups in total. The average Bonchev–Trinajstić information content (AvgIpc) is 3.13. The molecule has 194 valence electrons. The predicted molar refractivity (Wildman–Crippen MR) is 130 cm³/mol. The van der Waals surface area contributed by atoms with Crippen molar-refractivity contribution in [3.63, 3.8) is 0 Å². The number of hydrogen-bond donors (Lipinski definition) is 3. The van der Waals surface area contributed by atoms with Crippen LogP contribution in [-0.4, -0.2) is 62.8 Å². The first-order valence-electron chi connectivity index (χ1n) is 13.6. The highest BCUT2D eigenvalue weighted by Gasteiger charge is 2.69. The molecule has 3 heterocycles. The molecule has 0 spiro atoms. The van der Waals surface area contributed by atoms with Crippen molar-refractivity contribution in [3.8, 4) is 0 Å². The third-order valence-corrected chi connectivity index (χ3v) is 9.82. The molecule has 0 aromatic rings. The van der Waals surface area contributed by atoms with Crippen molar-refractivity contribution in [1.29, 1.82) is 0 Å². The predicted octanol–water partition coefficient (Wildman–Crippen LogP) is 3.94. The molecule has 0 radical (unpaired) electrons. The highest BCUT2D eigenvalue weighted by Crippen LogP contribution is 2.60. The largest absolute Gasteiger partial charge is 0.390 e. The van der Waals surface area contributed by atoms with Crippen LogP contribution in [-0.2, 0) is 14.3 Å². The van der Waals surface area contributed by atoms with Gasteiger partial charge in [-0.25, -0.2) is 0 Å². The van der Waals surface area contributed by atoms with Gasteiger partial charge in [0.25, 0.3) is 0 Å². The number of ether oxygens (including phenoxy) is 2. The molecule has 6 nitrogen and oxygen atoms in total. The summed E-state index contributed by atoms with van der Waals surface area (Å²) in [6.07, 6.45) is 5.17. The van der Waals surface area contributed by atoms with E-state index < -0.39 is 29.0 Å². The van der Waals surface area contributed by atoms with Gasteiger partial charge in [0.05, 0.1) is 30.5 Å². The minimum absolute atomic E-state index is 0.0248. The van der Waals surface area contributed by atoms with Crippen LogP contribution in [0.25, 0.3) is 0 Å². The fraction of sp³-hybridized carbons (Fsp3) is 0.893. The summed E-state index contributed by atoms with van der Waals surface area (Å²) in [4.78, 5) is 13.8. The zero-order valence-corrected chi connectivity index (χ0v) is 21.6. The lowest BCUT2D eigenvalue weighted by molar-refractivity contribution is -0.229. The molecule has 0 unspecified atom stereocenters. The quantitative estimate of drug-likeness (QED) is 0.379. The molecule has 4 fully saturated rings. The van der Waals surface area contributed by atoms with E-state index in [9.17, 15) is 20.1 Å². The Morgan fingerprint density at radius 3 is 2.59 bits per heavy atom. The summed E-state index contributed by atoms with van der Waals surface area (Å²) in [5.74, 6) is 0.0430. The lowest BCUT2D eigenvalue weighted by Crippen LogP contribution is -2.67. The van der Waals surface area contributed by atoms with Crippen molar-refractivity contribution in [2.45, 2.75) is 127 Å². The Morgan fingerprint density at radius 1 is 1.18 bits per heavy atom. The Labute approximate surface area is 205 Å². The van der Waals surface area contributed by atoms with Gasteiger partial charge in [0.1, 0.15) is 5.60 Å². The van der Waals surface area contributed by atoms with Gasteiger partial charge in [-0.05, 0) is 62.9 Å². The van der Waals surface area contributed by atoms with Crippen LogP contribution in [0, 0.1) is 23.7 Å². The third kappa shape index (κ3) is 4.21. The molecular formula is C28H46O6. The molecule has 3 saturated heterocycles. The summed E-state index contributed by atoms with van der Waals surface area (Å²) in [6, 6.07) is 0. The van der Waals surface area contributed by atoms with Gasteiger partial charge in [-0.2, -0.15) is 0 Å². The van der Waals surface area contributed by atoms with Crippen LogP contribution >= 0.6 is 0 Å². The zero-order valence-electron chi connectivity index (χ0n) is 21.6. The monoisotopic (exact) mass is 478 g/mol. The summed E-state index contributed by atoms with van der Waals surface area (Å²) in [5, 5.41) is 34.8. The minimum Gasteiger partial charge on any atom is -0.390 e. The maximum atomic E-state index is 13.8. The maximum absolute atomic E-state index is 13.8. The van der Waals surface area contributed by atoms with E-state index >= 15 is 0 Å². The molecule has 1 saturated carbocycles. The molecule has 34 heavy (non-hydrogen) atoms. The van der Waals surface area contributed by atoms with Gasteiger partial charge in [0.15, 0.2) is 11.4 Å². The second-order valence-corrected chi connectivity index (χ2v) is 12.2. The second kappa shape index (κ2) is 9.59. The molecule has 0 amide bonds. The SMILES string of the molecule is C=C1C[C@@H]2O[C@@H]3[C@H]4[C@@H](CC[C@](C)(O)[C@H]42)[C@@H](C)CO[C@@]3(C)[C@@](O)(C(=O)CCCCCCC)C[C@H]1O. The van der Waals surface area contributed by atoms with Crippen molar-refractivity contribution in [2.24, 2.45) is 23.7 Å². The standard InChI is InChI=1S/C28H46O6/c1-6-7-8-9-10-11-22(30)28(32)15-20(29)17(2)14-21-24-23-19(12-13-26(24,4)31)18(3)16-33-27(28,5)25(23)34-21/h18-21,23-25,29,31-32H,2,6-16H2,1,3-5H3/t18-,19-,20+,21-,23-,24-,25+,26-,27+,28-/m0/s1. The number of hydrogen-bond acceptors (Lipinski definition) is 6. The van der Waals surface area contributed by atoms with Gasteiger partial charge >= 0.3 is 0 Å². The number of aliphatic hydroxyl groups excluding tert-OH is 1. The smallest absolute Gasteiger partial charge is 0.167 e. The van der Waals surface area contributed by atoms with E-state index in [-0.39, 0.29) is 48.4 Å². The molecule has 4 aliphatic rings. The first kappa shape index (κ1) is 26.3. The molecule has 3 aliphatic heterocycles. The first-order chi connectivity index (χ1) is 16.0. The van der Waals surface area contributed by atoms with Crippen LogP contribution in [0.4, 0.5) is 0 Å². The molecule has 1 aliphatic carbocycles. The van der Waals surface area contributed by atoms with Gasteiger partial charge in [-0.3, -0.25) is 4.79 Å². The second-order valence-electron chi connectivity index (χ2n) is 12.2. The van der Waals surface area contributed by atoms with E-state index in [1.54, 1.807) is 0 Å². The average molecular weight is 479 g/mol.